The lowest BCUT2D eigenvalue weighted by Gasteiger charge is -2.48. The molecule has 2 unspecified atom stereocenters. The number of thiophene rings is 2. The van der Waals surface area contributed by atoms with Crippen LogP contribution in [0, 0.1) is 13.8 Å². The summed E-state index contributed by atoms with van der Waals surface area (Å²) >= 11 is 3.52. The number of fused-ring (bicyclic) bond motifs is 4. The fraction of sp³-hybridized carbons (Fsp3) is 0.280. The molecule has 2 aromatic heterocycles. The van der Waals surface area contributed by atoms with E-state index in [1.54, 1.807) is 98.8 Å². The van der Waals surface area contributed by atoms with Crippen molar-refractivity contribution >= 4 is 67.2 Å². The van der Waals surface area contributed by atoms with E-state index >= 15 is 52.7 Å². The van der Waals surface area contributed by atoms with Crippen molar-refractivity contribution in [3.63, 3.8) is 0 Å². The van der Waals surface area contributed by atoms with E-state index in [0.717, 1.165) is 23.5 Å². The van der Waals surface area contributed by atoms with Gasteiger partial charge in [-0.15, -0.1) is 46.2 Å². The Morgan fingerprint density at radius 2 is 0.712 bits per heavy atom. The molecule has 2 atom stereocenters. The van der Waals surface area contributed by atoms with Crippen LogP contribution in [0.15, 0.2) is 131 Å². The van der Waals surface area contributed by atoms with Gasteiger partial charge in [0.05, 0.1) is 20.6 Å². The van der Waals surface area contributed by atoms with E-state index in [1.807, 2.05) is 0 Å². The van der Waals surface area contributed by atoms with Crippen molar-refractivity contribution in [3.8, 4) is 20.9 Å². The van der Waals surface area contributed by atoms with Gasteiger partial charge in [-0.25, -0.2) is 0 Å². The fourth-order valence-corrected chi connectivity index (χ4v) is 16.1. The largest absolute Gasteiger partial charge is 0.380 e. The van der Waals surface area contributed by atoms with Crippen molar-refractivity contribution in [1.29, 1.82) is 0 Å². The van der Waals surface area contributed by atoms with Gasteiger partial charge in [0.15, 0.2) is 0 Å². The number of allylic oxidation sites excluding steroid dienone is 6. The Morgan fingerprint density at radius 1 is 0.364 bits per heavy atom. The van der Waals surface area contributed by atoms with Crippen LogP contribution >= 0.6 is 46.2 Å². The number of thioether (sulfide) groups is 2. The maximum Gasteiger partial charge on any atom is 0.380 e. The van der Waals surface area contributed by atoms with Crippen LogP contribution in [0.3, 0.4) is 0 Å². The van der Waals surface area contributed by atoms with Crippen molar-refractivity contribution in [2.24, 2.45) is 0 Å². The standard InChI is InChI=1S/C50H34F12S4/c1-23-20-31(27-14-9-7-10-15-27)63-39(23)37-38(48(57,58)50(61,62)47(37,55)56)40-24(2)21-32(64-40)29-18-13-19-30(22-29)42-26(4)34-36-35(45(51,52)49(59,60)46(36,53)54)33-25(3)41(28-16-11-8-12-17-28)65-43(33,5)44(34,6)66-42/h7-22H,1-6H3. The first-order chi connectivity index (χ1) is 30.7. The summed E-state index contributed by atoms with van der Waals surface area (Å²) < 4.78 is 189. The molecule has 342 valence electrons. The molecule has 16 heteroatoms. The number of halogens is 12. The molecule has 10 rings (SSSR count). The molecule has 4 heterocycles. The lowest BCUT2D eigenvalue weighted by molar-refractivity contribution is -0.258. The molecule has 5 aromatic rings. The summed E-state index contributed by atoms with van der Waals surface area (Å²) in [6.07, 6.45) is 0. The van der Waals surface area contributed by atoms with E-state index < -0.39 is 77.1 Å². The highest BCUT2D eigenvalue weighted by molar-refractivity contribution is 8.14. The van der Waals surface area contributed by atoms with Crippen LogP contribution in [0.4, 0.5) is 52.7 Å². The van der Waals surface area contributed by atoms with Gasteiger partial charge >= 0.3 is 35.5 Å². The Kier molecular flexibility index (Phi) is 9.70. The van der Waals surface area contributed by atoms with Crippen molar-refractivity contribution in [1.82, 2.24) is 0 Å². The van der Waals surface area contributed by atoms with Crippen LogP contribution in [-0.4, -0.2) is 45.0 Å². The molecule has 1 saturated carbocycles. The minimum Gasteiger partial charge on any atom is -0.194 e. The monoisotopic (exact) mass is 990 g/mol. The summed E-state index contributed by atoms with van der Waals surface area (Å²) in [5.74, 6) is -32.7. The van der Waals surface area contributed by atoms with Crippen molar-refractivity contribution in [2.75, 3.05) is 0 Å². The Hall–Kier alpha value is -4.38. The normalized spacial score (nSPS) is 26.5. The molecule has 1 fully saturated rings. The lowest BCUT2D eigenvalue weighted by atomic mass is 9.68. The highest BCUT2D eigenvalue weighted by atomic mass is 32.2. The zero-order valence-corrected chi connectivity index (χ0v) is 38.7. The molecule has 0 radical (unpaired) electrons. The summed E-state index contributed by atoms with van der Waals surface area (Å²) in [7, 11) is 0. The fourth-order valence-electron chi connectivity index (χ4n) is 10.2. The Bertz CT molecular complexity index is 3110. The number of benzene rings is 3. The zero-order chi connectivity index (χ0) is 47.7. The molecule has 0 saturated heterocycles. The molecule has 2 aliphatic heterocycles. The van der Waals surface area contributed by atoms with E-state index in [4.69, 9.17) is 0 Å². The Labute approximate surface area is 387 Å². The molecule has 0 spiro atoms. The first kappa shape index (κ1) is 45.4. The van der Waals surface area contributed by atoms with Crippen LogP contribution in [0.1, 0.15) is 59.7 Å². The minimum atomic E-state index is -5.79. The van der Waals surface area contributed by atoms with Gasteiger partial charge in [0.2, 0.25) is 0 Å². The number of alkyl halides is 12. The van der Waals surface area contributed by atoms with Gasteiger partial charge < -0.3 is 0 Å². The minimum absolute atomic E-state index is 0.00872. The number of aryl methyl sites for hydroxylation is 2. The molecule has 0 bridgehead atoms. The van der Waals surface area contributed by atoms with Gasteiger partial charge in [-0.3, -0.25) is 0 Å². The van der Waals surface area contributed by atoms with Gasteiger partial charge in [-0.2, -0.15) is 52.7 Å². The van der Waals surface area contributed by atoms with Gasteiger partial charge in [0.1, 0.15) is 0 Å². The summed E-state index contributed by atoms with van der Waals surface area (Å²) in [5, 5.41) is 0. The van der Waals surface area contributed by atoms with E-state index in [1.165, 1.54) is 39.8 Å². The summed E-state index contributed by atoms with van der Waals surface area (Å²) in [5.41, 5.74) is -4.22. The quantitative estimate of drug-likeness (QED) is 0.156. The van der Waals surface area contributed by atoms with E-state index in [0.29, 0.717) is 59.6 Å². The summed E-state index contributed by atoms with van der Waals surface area (Å²) in [4.78, 5) is 0.498. The van der Waals surface area contributed by atoms with Gasteiger partial charge in [0, 0.05) is 40.5 Å². The third kappa shape index (κ3) is 5.52. The smallest absolute Gasteiger partial charge is 0.194 e. The predicted octanol–water partition coefficient (Wildman–Crippen LogP) is 17.3. The predicted molar refractivity (Wildman–Crippen MR) is 243 cm³/mol. The van der Waals surface area contributed by atoms with Gasteiger partial charge in [-0.05, 0) is 115 Å². The maximum atomic E-state index is 16.3. The molecule has 5 aliphatic rings. The molecule has 3 aliphatic carbocycles. The SMILES string of the molecule is CC1=C(c2ccccc2)SC2(C)C1=C1C(=C3C(C)=C(c4cccc(-c5cc(C)c(C6=C(c7sc(-c8ccccc8)cc7C)C(F)(F)C(F)(F)C6(F)F)s5)c4)SC32C)C(F)(F)C(F)(F)C1(F)F. The van der Waals surface area contributed by atoms with Crippen LogP contribution in [0.25, 0.3) is 41.8 Å². The average molecular weight is 991 g/mol. The van der Waals surface area contributed by atoms with Crippen LogP contribution in [0.5, 0.6) is 0 Å². The van der Waals surface area contributed by atoms with E-state index in [9.17, 15) is 0 Å². The van der Waals surface area contributed by atoms with E-state index in [2.05, 4.69) is 0 Å². The second kappa shape index (κ2) is 14.1. The first-order valence-corrected chi connectivity index (χ1v) is 23.7. The number of hydrogen-bond donors (Lipinski definition) is 0. The molecule has 0 nitrogen and oxygen atoms in total. The van der Waals surface area contributed by atoms with Crippen LogP contribution in [0.2, 0.25) is 0 Å². The number of rotatable bonds is 6. The van der Waals surface area contributed by atoms with Crippen molar-refractivity contribution < 1.29 is 52.7 Å². The third-order valence-electron chi connectivity index (χ3n) is 13.5. The van der Waals surface area contributed by atoms with E-state index in [-0.39, 0.29) is 38.3 Å². The summed E-state index contributed by atoms with van der Waals surface area (Å²) in [6, 6.07) is 26.2. The number of hydrogen-bond acceptors (Lipinski definition) is 4. The van der Waals surface area contributed by atoms with Crippen LogP contribution in [-0.2, 0) is 0 Å². The third-order valence-corrected chi connectivity index (χ3v) is 19.8. The molecule has 3 aromatic carbocycles. The molecule has 0 N–H and O–H groups in total. The van der Waals surface area contributed by atoms with Crippen molar-refractivity contribution in [3.05, 3.63) is 163 Å². The highest BCUT2D eigenvalue weighted by Crippen LogP contribution is 2.77. The Balaban J connectivity index is 1.12. The Morgan fingerprint density at radius 3 is 1.15 bits per heavy atom. The van der Waals surface area contributed by atoms with Crippen molar-refractivity contribution in [2.45, 2.75) is 86.6 Å². The highest BCUT2D eigenvalue weighted by Gasteiger charge is 2.85. The molecule has 0 amide bonds. The molecule has 66 heavy (non-hydrogen) atoms. The van der Waals surface area contributed by atoms with Gasteiger partial charge in [-0.1, -0.05) is 78.9 Å². The second-order valence-corrected chi connectivity index (χ2v) is 22.4. The van der Waals surface area contributed by atoms with Gasteiger partial charge in [0.25, 0.3) is 0 Å². The first-order valence-electron chi connectivity index (χ1n) is 20.4. The lowest BCUT2D eigenvalue weighted by Crippen LogP contribution is -2.49. The zero-order valence-electron chi connectivity index (χ0n) is 35.4. The van der Waals surface area contributed by atoms with Crippen LogP contribution < -0.4 is 0 Å². The molecular formula is C50H34F12S4. The average Bonchev–Trinajstić information content (AvgIpc) is 4.02. The maximum absolute atomic E-state index is 16.3. The summed E-state index contributed by atoms with van der Waals surface area (Å²) in [6.45, 7) is 8.82. The topological polar surface area (TPSA) is 0 Å². The second-order valence-electron chi connectivity index (χ2n) is 17.4. The molecular weight excluding hydrogens is 957 g/mol.